The lowest BCUT2D eigenvalue weighted by Crippen LogP contribution is -2.33. The van der Waals surface area contributed by atoms with Gasteiger partial charge in [-0.2, -0.15) is 13.2 Å². The van der Waals surface area contributed by atoms with E-state index < -0.39 is 17.3 Å². The van der Waals surface area contributed by atoms with E-state index in [-0.39, 0.29) is 17.3 Å². The van der Waals surface area contributed by atoms with Gasteiger partial charge in [0.25, 0.3) is 0 Å². The summed E-state index contributed by atoms with van der Waals surface area (Å²) in [4.78, 5) is 9.02. The average molecular weight is 569 g/mol. The molecule has 0 saturated heterocycles. The van der Waals surface area contributed by atoms with Crippen molar-refractivity contribution in [3.8, 4) is 5.88 Å². The normalized spacial score (nSPS) is 13.6. The third kappa shape index (κ3) is 4.53. The van der Waals surface area contributed by atoms with Crippen LogP contribution >= 0.6 is 11.6 Å². The molecule has 1 unspecified atom stereocenters. The van der Waals surface area contributed by atoms with Crippen molar-refractivity contribution >= 4 is 22.5 Å². The molecular formula is C30H28ClF3N4O2. The van der Waals surface area contributed by atoms with Gasteiger partial charge < -0.3 is 19.0 Å². The highest BCUT2D eigenvalue weighted by molar-refractivity contribution is 6.36. The molecule has 0 spiro atoms. The Morgan fingerprint density at radius 2 is 1.70 bits per heavy atom. The Morgan fingerprint density at radius 3 is 2.30 bits per heavy atom. The summed E-state index contributed by atoms with van der Waals surface area (Å²) in [5.41, 5.74) is 1.72. The molecule has 0 aliphatic heterocycles. The van der Waals surface area contributed by atoms with E-state index in [1.807, 2.05) is 49.2 Å². The molecule has 6 nitrogen and oxygen atoms in total. The van der Waals surface area contributed by atoms with E-state index in [0.29, 0.717) is 39.0 Å². The third-order valence-corrected chi connectivity index (χ3v) is 7.99. The molecule has 0 fully saturated rings. The molecule has 3 heterocycles. The van der Waals surface area contributed by atoms with Crippen molar-refractivity contribution in [2.24, 2.45) is 14.1 Å². The summed E-state index contributed by atoms with van der Waals surface area (Å²) in [6.45, 7) is 3.81. The molecule has 0 saturated carbocycles. The minimum Gasteiger partial charge on any atom is -0.481 e. The zero-order valence-corrected chi connectivity index (χ0v) is 23.4. The number of imidazole rings is 1. The maximum Gasteiger partial charge on any atom is 0.416 e. The van der Waals surface area contributed by atoms with Gasteiger partial charge in [0.05, 0.1) is 40.8 Å². The molecule has 1 atom stereocenters. The second-order valence-corrected chi connectivity index (χ2v) is 10.3. The highest BCUT2D eigenvalue weighted by Gasteiger charge is 2.40. The minimum absolute atomic E-state index is 0.0707. The first-order valence-corrected chi connectivity index (χ1v) is 12.9. The molecular weight excluding hydrogens is 541 g/mol. The van der Waals surface area contributed by atoms with E-state index in [1.165, 1.54) is 13.2 Å². The average Bonchev–Trinajstić information content (AvgIpc) is 3.45. The Bertz CT molecular complexity index is 1690. The van der Waals surface area contributed by atoms with E-state index in [2.05, 4.69) is 9.97 Å². The molecule has 2 aromatic carbocycles. The number of nitrogens with zero attached hydrogens (tertiary/aromatic N) is 4. The number of fused-ring (bicyclic) bond motifs is 1. The molecule has 3 aromatic heterocycles. The van der Waals surface area contributed by atoms with Crippen LogP contribution in [0.4, 0.5) is 13.2 Å². The van der Waals surface area contributed by atoms with Crippen molar-refractivity contribution in [1.82, 2.24) is 19.1 Å². The van der Waals surface area contributed by atoms with E-state index >= 15 is 0 Å². The number of aryl methyl sites for hydroxylation is 2. The van der Waals surface area contributed by atoms with Crippen molar-refractivity contribution in [3.05, 3.63) is 111 Å². The van der Waals surface area contributed by atoms with Gasteiger partial charge in [-0.05, 0) is 55.3 Å². The summed E-state index contributed by atoms with van der Waals surface area (Å²) >= 11 is 6.94. The SMILES string of the molecule is COc1nc2ccc(C(O)(c3ccc(C)n3C)c3cnc(C)n3C)cc2c(Cl)c1Cc1cccc(C(F)(F)F)c1. The van der Waals surface area contributed by atoms with Gasteiger partial charge >= 0.3 is 6.18 Å². The molecule has 0 aliphatic carbocycles. The Labute approximate surface area is 234 Å². The molecule has 5 rings (SSSR count). The van der Waals surface area contributed by atoms with Gasteiger partial charge in [0.2, 0.25) is 5.88 Å². The van der Waals surface area contributed by atoms with Gasteiger partial charge in [0.1, 0.15) is 5.82 Å². The molecule has 0 radical (unpaired) electrons. The van der Waals surface area contributed by atoms with Crippen LogP contribution < -0.4 is 4.74 Å². The van der Waals surface area contributed by atoms with Crippen LogP contribution in [-0.2, 0) is 32.3 Å². The van der Waals surface area contributed by atoms with Crippen LogP contribution in [-0.4, -0.2) is 31.3 Å². The van der Waals surface area contributed by atoms with E-state index in [0.717, 1.165) is 23.7 Å². The molecule has 40 heavy (non-hydrogen) atoms. The predicted molar refractivity (Wildman–Crippen MR) is 148 cm³/mol. The lowest BCUT2D eigenvalue weighted by atomic mass is 9.86. The standard InChI is InChI=1S/C30H28ClF3N4O2/c1-17-9-12-25(37(17)3)29(39,26-16-35-18(2)38(26)4)20-10-11-24-22(15-20)27(31)23(28(36-24)40-5)14-19-7-6-8-21(13-19)30(32,33)34/h6-13,15-16,39H,14H2,1-5H3. The molecule has 0 aliphatic rings. The molecule has 5 aromatic rings. The first-order chi connectivity index (χ1) is 18.9. The van der Waals surface area contributed by atoms with Crippen LogP contribution in [0.3, 0.4) is 0 Å². The third-order valence-electron chi connectivity index (χ3n) is 7.56. The van der Waals surface area contributed by atoms with Gasteiger partial charge in [-0.15, -0.1) is 0 Å². The van der Waals surface area contributed by atoms with Crippen molar-refractivity contribution in [2.75, 3.05) is 7.11 Å². The monoisotopic (exact) mass is 568 g/mol. The number of aromatic nitrogens is 4. The maximum absolute atomic E-state index is 13.3. The molecule has 208 valence electrons. The second kappa shape index (κ2) is 9.98. The molecule has 0 amide bonds. The highest BCUT2D eigenvalue weighted by atomic mass is 35.5. The Morgan fingerprint density at radius 1 is 0.950 bits per heavy atom. The fraction of sp³-hybridized carbons (Fsp3) is 0.267. The van der Waals surface area contributed by atoms with E-state index in [1.54, 1.807) is 30.5 Å². The lowest BCUT2D eigenvalue weighted by Gasteiger charge is -2.31. The predicted octanol–water partition coefficient (Wildman–Crippen LogP) is 6.48. The second-order valence-electron chi connectivity index (χ2n) is 9.90. The highest BCUT2D eigenvalue weighted by Crippen LogP contribution is 2.41. The molecule has 10 heteroatoms. The summed E-state index contributed by atoms with van der Waals surface area (Å²) in [5.74, 6) is 0.950. The van der Waals surface area contributed by atoms with Crippen molar-refractivity contribution < 1.29 is 23.0 Å². The largest absolute Gasteiger partial charge is 0.481 e. The summed E-state index contributed by atoms with van der Waals surface area (Å²) in [6.07, 6.45) is -2.75. The number of benzene rings is 2. The van der Waals surface area contributed by atoms with Gasteiger partial charge in [-0.25, -0.2) is 9.97 Å². The van der Waals surface area contributed by atoms with E-state index in [9.17, 15) is 18.3 Å². The van der Waals surface area contributed by atoms with E-state index in [4.69, 9.17) is 16.3 Å². The maximum atomic E-state index is 13.3. The van der Waals surface area contributed by atoms with Gasteiger partial charge in [-0.1, -0.05) is 35.9 Å². The zero-order valence-electron chi connectivity index (χ0n) is 22.6. The zero-order chi connectivity index (χ0) is 29.0. The van der Waals surface area contributed by atoms with Crippen molar-refractivity contribution in [2.45, 2.75) is 32.0 Å². The summed E-state index contributed by atoms with van der Waals surface area (Å²) in [6, 6.07) is 14.2. The Hall–Kier alpha value is -3.82. The number of rotatable bonds is 6. The number of alkyl halides is 3. The number of methoxy groups -OCH3 is 1. The number of ether oxygens (including phenoxy) is 1. The van der Waals surface area contributed by atoms with Crippen LogP contribution in [0.15, 0.2) is 60.8 Å². The topological polar surface area (TPSA) is 65.1 Å². The van der Waals surface area contributed by atoms with Crippen LogP contribution in [0.2, 0.25) is 5.02 Å². The molecule has 1 N–H and O–H groups in total. The smallest absolute Gasteiger partial charge is 0.416 e. The summed E-state index contributed by atoms with van der Waals surface area (Å²) in [5, 5.41) is 13.3. The lowest BCUT2D eigenvalue weighted by molar-refractivity contribution is -0.137. The first kappa shape index (κ1) is 27.7. The summed E-state index contributed by atoms with van der Waals surface area (Å²) in [7, 11) is 5.16. The number of halogens is 4. The number of aliphatic hydroxyl groups is 1. The van der Waals surface area contributed by atoms with Crippen LogP contribution in [0.25, 0.3) is 10.9 Å². The number of hydrogen-bond donors (Lipinski definition) is 1. The van der Waals surface area contributed by atoms with Crippen LogP contribution in [0.1, 0.15) is 45.2 Å². The quantitative estimate of drug-likeness (QED) is 0.255. The van der Waals surface area contributed by atoms with Crippen LogP contribution in [0, 0.1) is 13.8 Å². The fourth-order valence-corrected chi connectivity index (χ4v) is 5.39. The van der Waals surface area contributed by atoms with Crippen molar-refractivity contribution in [1.29, 1.82) is 0 Å². The summed E-state index contributed by atoms with van der Waals surface area (Å²) < 4.78 is 49.3. The number of hydrogen-bond acceptors (Lipinski definition) is 4. The fourth-order valence-electron chi connectivity index (χ4n) is 5.09. The number of pyridine rings is 1. The van der Waals surface area contributed by atoms with Gasteiger partial charge in [0, 0.05) is 37.2 Å². The first-order valence-electron chi connectivity index (χ1n) is 12.5. The Balaban J connectivity index is 1.71. The van der Waals surface area contributed by atoms with Gasteiger partial charge in [0.15, 0.2) is 5.60 Å². The molecule has 0 bridgehead atoms. The Kier molecular flexibility index (Phi) is 6.92. The van der Waals surface area contributed by atoms with Crippen molar-refractivity contribution in [3.63, 3.8) is 0 Å². The van der Waals surface area contributed by atoms with Gasteiger partial charge in [-0.3, -0.25) is 0 Å². The minimum atomic E-state index is -4.47. The van der Waals surface area contributed by atoms with Crippen LogP contribution in [0.5, 0.6) is 5.88 Å².